The predicted molar refractivity (Wildman–Crippen MR) is 373 cm³/mol. The molecule has 0 aromatic rings. The molecule has 3 N–H and O–H groups in total. The lowest BCUT2D eigenvalue weighted by Crippen LogP contribution is -2.45. The SMILES string of the molecule is CC/C=C\C/C=C\C/C=C\C/C=C\C/C=C\C/C=C\C/C=C\C/C=C\C/C=C\C/C=C\C/C=C\C/C=C\CCCCC(=O)NC(COP(=O)(O)OCC[N+](C)(C)C)C(O)/C=C/CC/C=C/CCCCCCCCCCCCCCCCCCCC. The number of nitrogens with one attached hydrogen (secondary N) is 1. The normalized spacial score (nSPS) is 14.8. The fraction of sp³-hybridized carbons (Fsp3) is 0.618. The molecule has 0 aliphatic rings. The van der Waals surface area contributed by atoms with Crippen LogP contribution in [0.1, 0.15) is 251 Å². The first-order valence-corrected chi connectivity index (χ1v) is 35.5. The molecule has 8 nitrogen and oxygen atoms in total. The van der Waals surface area contributed by atoms with E-state index >= 15 is 0 Å². The molecule has 0 spiro atoms. The minimum atomic E-state index is -4.39. The largest absolute Gasteiger partial charge is 0.472 e. The van der Waals surface area contributed by atoms with Gasteiger partial charge in [-0.05, 0) is 122 Å². The summed E-state index contributed by atoms with van der Waals surface area (Å²) in [5, 5.41) is 13.9. The third-order valence-electron chi connectivity index (χ3n) is 14.2. The summed E-state index contributed by atoms with van der Waals surface area (Å²) in [5.41, 5.74) is 0. The van der Waals surface area contributed by atoms with E-state index in [2.05, 4.69) is 177 Å². The van der Waals surface area contributed by atoms with E-state index in [1.165, 1.54) is 116 Å². The Balaban J connectivity index is 4.30. The Bertz CT molecular complexity index is 1990. The predicted octanol–water partition coefficient (Wildman–Crippen LogP) is 21.9. The molecular weight excluding hydrogens is 1070 g/mol. The van der Waals surface area contributed by atoms with Crippen LogP contribution in [0.4, 0.5) is 0 Å². The van der Waals surface area contributed by atoms with Gasteiger partial charge in [0, 0.05) is 6.42 Å². The molecule has 9 heteroatoms. The number of carbonyl (C=O) groups is 1. The highest BCUT2D eigenvalue weighted by Crippen LogP contribution is 2.43. The van der Waals surface area contributed by atoms with E-state index in [1.807, 2.05) is 27.2 Å². The number of aliphatic hydroxyl groups is 1. The Labute approximate surface area is 524 Å². The monoisotopic (exact) mass is 1200 g/mol. The lowest BCUT2D eigenvalue weighted by Gasteiger charge is -2.25. The van der Waals surface area contributed by atoms with Crippen molar-refractivity contribution >= 4 is 13.7 Å². The molecule has 0 saturated heterocycles. The quantitative estimate of drug-likeness (QED) is 0.0243. The lowest BCUT2D eigenvalue weighted by atomic mass is 10.0. The summed E-state index contributed by atoms with van der Waals surface area (Å²) >= 11 is 0. The first kappa shape index (κ1) is 80.9. The van der Waals surface area contributed by atoms with Crippen LogP contribution in [0.5, 0.6) is 0 Å². The van der Waals surface area contributed by atoms with Crippen LogP contribution in [0.25, 0.3) is 0 Å². The zero-order valence-corrected chi connectivity index (χ0v) is 55.9. The molecule has 0 saturated carbocycles. The van der Waals surface area contributed by atoms with Crippen LogP contribution in [0, 0.1) is 0 Å². The maximum Gasteiger partial charge on any atom is 0.472 e. The Morgan fingerprint density at radius 3 is 1.08 bits per heavy atom. The zero-order chi connectivity index (χ0) is 61.9. The van der Waals surface area contributed by atoms with Crippen molar-refractivity contribution in [3.63, 3.8) is 0 Å². The van der Waals surface area contributed by atoms with E-state index in [0.29, 0.717) is 17.4 Å². The number of quaternary nitrogens is 1. The number of hydrogen-bond donors (Lipinski definition) is 3. The van der Waals surface area contributed by atoms with E-state index < -0.39 is 20.0 Å². The van der Waals surface area contributed by atoms with E-state index in [9.17, 15) is 19.4 Å². The number of carbonyl (C=O) groups excluding carboxylic acids is 1. The van der Waals surface area contributed by atoms with Gasteiger partial charge in [-0.3, -0.25) is 13.8 Å². The summed E-state index contributed by atoms with van der Waals surface area (Å²) in [7, 11) is 1.50. The average molecular weight is 1200 g/mol. The molecule has 3 atom stereocenters. The molecule has 0 aliphatic carbocycles. The maximum atomic E-state index is 13.0. The van der Waals surface area contributed by atoms with Crippen molar-refractivity contribution in [1.29, 1.82) is 0 Å². The number of likely N-dealkylation sites (N-methyl/N-ethyl adjacent to an activating group) is 1. The van der Waals surface area contributed by atoms with Gasteiger partial charge < -0.3 is 19.8 Å². The average Bonchev–Trinajstić information content (AvgIpc) is 3.49. The van der Waals surface area contributed by atoms with Crippen molar-refractivity contribution in [2.45, 2.75) is 264 Å². The lowest BCUT2D eigenvalue weighted by molar-refractivity contribution is -0.870. The number of unbranched alkanes of at least 4 members (excludes halogenated alkanes) is 21. The van der Waals surface area contributed by atoms with Gasteiger partial charge in [0.1, 0.15) is 13.2 Å². The van der Waals surface area contributed by atoms with Gasteiger partial charge in [0.25, 0.3) is 0 Å². The second kappa shape index (κ2) is 64.3. The zero-order valence-electron chi connectivity index (χ0n) is 55.0. The maximum absolute atomic E-state index is 13.0. The molecule has 1 amide bonds. The van der Waals surface area contributed by atoms with Crippen LogP contribution in [0.3, 0.4) is 0 Å². The number of amides is 1. The highest BCUT2D eigenvalue weighted by Gasteiger charge is 2.27. The summed E-state index contributed by atoms with van der Waals surface area (Å²) in [5.74, 6) is -0.234. The molecule has 0 bridgehead atoms. The second-order valence-electron chi connectivity index (χ2n) is 23.5. The topological polar surface area (TPSA) is 105 Å². The van der Waals surface area contributed by atoms with Crippen molar-refractivity contribution in [2.75, 3.05) is 40.9 Å². The third-order valence-corrected chi connectivity index (χ3v) is 15.2. The van der Waals surface area contributed by atoms with Gasteiger partial charge in [0.15, 0.2) is 0 Å². The Morgan fingerprint density at radius 1 is 0.412 bits per heavy atom. The highest BCUT2D eigenvalue weighted by atomic mass is 31.2. The van der Waals surface area contributed by atoms with Gasteiger partial charge in [0.05, 0.1) is 39.9 Å². The van der Waals surface area contributed by atoms with Crippen LogP contribution in [-0.4, -0.2) is 73.4 Å². The number of hydrogen-bond acceptors (Lipinski definition) is 5. The van der Waals surface area contributed by atoms with Gasteiger partial charge in [-0.1, -0.05) is 293 Å². The smallest absolute Gasteiger partial charge is 0.387 e. The molecule has 0 rings (SSSR count). The summed E-state index contributed by atoms with van der Waals surface area (Å²) in [4.78, 5) is 23.4. The second-order valence-corrected chi connectivity index (χ2v) is 24.9. The molecule has 0 aliphatic heterocycles. The van der Waals surface area contributed by atoms with Gasteiger partial charge in [-0.25, -0.2) is 4.57 Å². The summed E-state index contributed by atoms with van der Waals surface area (Å²) < 4.78 is 23.7. The van der Waals surface area contributed by atoms with Crippen LogP contribution in [-0.2, 0) is 18.4 Å². The fourth-order valence-corrected chi connectivity index (χ4v) is 9.66. The standard InChI is InChI=1S/C76H127N2O6P/c1-6-8-10-12-14-16-18-20-22-24-26-28-30-32-33-34-35-36-37-38-39-40-41-42-43-44-45-46-48-50-52-54-56-58-60-62-64-66-68-70-76(80)77-74(73-84-85(81,82)83-72-71-78(3,4)5)75(79)69-67-65-63-61-59-57-55-53-51-49-47-31-29-27-25-23-21-19-17-15-13-11-9-7-2/h8,10,14,16,20,22,26,28,32-33,35-36,38-39,41-42,44-45,48,50,54,56,59-62,67,69,74-75,79H,6-7,9,11-13,15,17-19,21,23-25,27,29-31,34,37,40,43,46-47,49,51-53,55,57-58,63-66,68,70-73H2,1-5H3,(H-,77,80,81,82)/p+1/b10-8-,16-14-,22-20-,28-26-,33-32-,36-35-,39-38-,42-41-,45-44-,50-48-,56-54-,61-59+,62-60-,69-67+. The molecule has 3 unspecified atom stereocenters. The number of phosphoric acid groups is 1. The molecule has 0 fully saturated rings. The highest BCUT2D eigenvalue weighted by molar-refractivity contribution is 7.47. The van der Waals surface area contributed by atoms with Gasteiger partial charge in [0.2, 0.25) is 5.91 Å². The summed E-state index contributed by atoms with van der Waals surface area (Å²) in [6.07, 6.45) is 102. The van der Waals surface area contributed by atoms with E-state index in [0.717, 1.165) is 109 Å². The first-order chi connectivity index (χ1) is 41.5. The fourth-order valence-electron chi connectivity index (χ4n) is 8.92. The Morgan fingerprint density at radius 2 is 0.718 bits per heavy atom. The number of rotatable bonds is 60. The summed E-state index contributed by atoms with van der Waals surface area (Å²) in [6, 6.07) is -0.901. The molecule has 0 aromatic carbocycles. The first-order valence-electron chi connectivity index (χ1n) is 34.0. The van der Waals surface area contributed by atoms with Crippen LogP contribution >= 0.6 is 7.82 Å². The van der Waals surface area contributed by atoms with Crippen molar-refractivity contribution in [3.8, 4) is 0 Å². The number of allylic oxidation sites excluding steroid dienone is 27. The van der Waals surface area contributed by atoms with Crippen LogP contribution < -0.4 is 5.32 Å². The van der Waals surface area contributed by atoms with Crippen LogP contribution in [0.15, 0.2) is 170 Å². The van der Waals surface area contributed by atoms with Crippen molar-refractivity contribution < 1.29 is 32.9 Å². The number of nitrogens with zero attached hydrogens (tertiary/aromatic N) is 1. The van der Waals surface area contributed by atoms with Crippen LogP contribution in [0.2, 0.25) is 0 Å². The number of aliphatic hydroxyl groups excluding tert-OH is 1. The van der Waals surface area contributed by atoms with Gasteiger partial charge in [-0.15, -0.1) is 0 Å². The summed E-state index contributed by atoms with van der Waals surface area (Å²) in [6.45, 7) is 4.64. The van der Waals surface area contributed by atoms with E-state index in [4.69, 9.17) is 9.05 Å². The Kier molecular flexibility index (Phi) is 61.2. The minimum absolute atomic E-state index is 0.0384. The van der Waals surface area contributed by atoms with E-state index in [1.54, 1.807) is 6.08 Å². The third kappa shape index (κ3) is 67.2. The van der Waals surface area contributed by atoms with E-state index in [-0.39, 0.29) is 25.5 Å². The molecule has 482 valence electrons. The van der Waals surface area contributed by atoms with Gasteiger partial charge in [-0.2, -0.15) is 0 Å². The van der Waals surface area contributed by atoms with Crippen molar-refractivity contribution in [1.82, 2.24) is 5.32 Å². The molecule has 85 heavy (non-hydrogen) atoms. The minimum Gasteiger partial charge on any atom is -0.387 e. The molecule has 0 aromatic heterocycles. The molecule has 0 radical (unpaired) electrons. The molecular formula is C76H128N2O6P+. The number of phosphoric ester groups is 1. The van der Waals surface area contributed by atoms with Gasteiger partial charge >= 0.3 is 7.82 Å². The molecule has 0 heterocycles. The van der Waals surface area contributed by atoms with Crippen molar-refractivity contribution in [2.24, 2.45) is 0 Å². The van der Waals surface area contributed by atoms with Crippen molar-refractivity contribution in [3.05, 3.63) is 170 Å². The Hall–Kier alpha value is -4.14.